The van der Waals surface area contributed by atoms with Crippen LogP contribution in [-0.4, -0.2) is 21.9 Å². The lowest BCUT2D eigenvalue weighted by Crippen LogP contribution is -2.07. The number of aromatic amines is 2. The third kappa shape index (κ3) is 5.60. The summed E-state index contributed by atoms with van der Waals surface area (Å²) in [5, 5.41) is 0. The van der Waals surface area contributed by atoms with Gasteiger partial charge in [-0.3, -0.25) is 9.98 Å². The van der Waals surface area contributed by atoms with Crippen molar-refractivity contribution in [2.24, 2.45) is 9.98 Å². The molecule has 0 amide bonds. The summed E-state index contributed by atoms with van der Waals surface area (Å²) >= 11 is 0. The number of nitrogens with one attached hydrogen (secondary N) is 2. The lowest BCUT2D eigenvalue weighted by molar-refractivity contribution is 1.02. The van der Waals surface area contributed by atoms with E-state index in [1.165, 1.54) is 78.5 Å². The molecule has 2 aromatic heterocycles. The molecule has 5 rings (SSSR count). The van der Waals surface area contributed by atoms with Gasteiger partial charge in [0.1, 0.15) is 0 Å². The van der Waals surface area contributed by atoms with Crippen LogP contribution < -0.4 is 0 Å². The molecule has 0 aliphatic carbocycles. The quantitative estimate of drug-likeness (QED) is 0.230. The molecule has 2 aliphatic heterocycles. The van der Waals surface area contributed by atoms with Crippen LogP contribution in [0.1, 0.15) is 113 Å². The third-order valence-corrected chi connectivity index (χ3v) is 9.40. The average Bonchev–Trinajstić information content (AvgIpc) is 3.77. The maximum atomic E-state index is 5.47. The Hall–Kier alpha value is -3.92. The molecule has 0 atom stereocenters. The number of nitrogens with zero attached hydrogens (tertiary/aromatic N) is 2. The van der Waals surface area contributed by atoms with Gasteiger partial charge in [0, 0.05) is 35.8 Å². The minimum atomic E-state index is 0.801. The highest BCUT2D eigenvalue weighted by Crippen LogP contribution is 2.39. The van der Waals surface area contributed by atoms with Crippen molar-refractivity contribution in [1.82, 2.24) is 9.97 Å². The summed E-state index contributed by atoms with van der Waals surface area (Å²) in [6.07, 6.45) is 13.3. The number of aryl methyl sites for hydroxylation is 1. The summed E-state index contributed by atoms with van der Waals surface area (Å²) in [7, 11) is 0. The van der Waals surface area contributed by atoms with Crippen molar-refractivity contribution in [3.63, 3.8) is 0 Å². The zero-order valence-corrected chi connectivity index (χ0v) is 27.5. The molecule has 1 aromatic carbocycles. The number of rotatable bonds is 11. The second-order valence-corrected chi connectivity index (χ2v) is 11.6. The fourth-order valence-corrected chi connectivity index (χ4v) is 7.04. The Bertz CT molecular complexity index is 1690. The number of hydrogen-bond donors (Lipinski definition) is 2. The van der Waals surface area contributed by atoms with Crippen molar-refractivity contribution in [3.8, 4) is 0 Å². The van der Waals surface area contributed by atoms with E-state index in [0.29, 0.717) is 0 Å². The van der Waals surface area contributed by atoms with E-state index in [1.54, 1.807) is 0 Å². The first kappa shape index (κ1) is 30.5. The highest BCUT2D eigenvalue weighted by atomic mass is 14.8. The van der Waals surface area contributed by atoms with Gasteiger partial charge in [-0.1, -0.05) is 71.9 Å². The highest BCUT2D eigenvalue weighted by Gasteiger charge is 2.27. The summed E-state index contributed by atoms with van der Waals surface area (Å²) < 4.78 is 0. The van der Waals surface area contributed by atoms with Crippen molar-refractivity contribution < 1.29 is 0 Å². The van der Waals surface area contributed by atoms with Gasteiger partial charge in [0.05, 0.1) is 22.8 Å². The highest BCUT2D eigenvalue weighted by molar-refractivity contribution is 6.08. The monoisotopic (exact) mass is 572 g/mol. The Morgan fingerprint density at radius 3 is 2.14 bits per heavy atom. The lowest BCUT2D eigenvalue weighted by Gasteiger charge is -2.12. The van der Waals surface area contributed by atoms with Crippen LogP contribution in [0, 0.1) is 6.92 Å². The Morgan fingerprint density at radius 2 is 1.53 bits per heavy atom. The summed E-state index contributed by atoms with van der Waals surface area (Å²) in [5.41, 5.74) is 20.3. The van der Waals surface area contributed by atoms with Crippen molar-refractivity contribution in [2.45, 2.75) is 100 Å². The molecular weight excluding hydrogens is 524 g/mol. The fourth-order valence-electron chi connectivity index (χ4n) is 7.04. The van der Waals surface area contributed by atoms with Crippen LogP contribution in [0.5, 0.6) is 0 Å². The molecule has 3 aromatic rings. The third-order valence-electron chi connectivity index (χ3n) is 9.40. The average molecular weight is 573 g/mol. The van der Waals surface area contributed by atoms with E-state index in [2.05, 4.69) is 114 Å². The van der Waals surface area contributed by atoms with Crippen LogP contribution in [0.3, 0.4) is 0 Å². The fraction of sp³-hybridized carbons (Fsp3) is 0.385. The zero-order chi connectivity index (χ0) is 30.7. The van der Waals surface area contributed by atoms with Gasteiger partial charge in [0.2, 0.25) is 0 Å². The molecule has 0 spiro atoms. The van der Waals surface area contributed by atoms with Crippen LogP contribution in [0.2, 0.25) is 0 Å². The van der Waals surface area contributed by atoms with E-state index in [4.69, 9.17) is 9.98 Å². The molecule has 224 valence electrons. The predicted octanol–water partition coefficient (Wildman–Crippen LogP) is 10.1. The molecule has 0 radical (unpaired) electrons. The Balaban J connectivity index is 1.63. The van der Waals surface area contributed by atoms with E-state index in [9.17, 15) is 0 Å². The first-order valence-corrected chi connectivity index (χ1v) is 16.4. The normalized spacial score (nSPS) is 17.2. The van der Waals surface area contributed by atoms with Gasteiger partial charge in [-0.2, -0.15) is 0 Å². The Kier molecular flexibility index (Phi) is 9.34. The van der Waals surface area contributed by atoms with E-state index in [-0.39, 0.29) is 0 Å². The van der Waals surface area contributed by atoms with Crippen LogP contribution in [0.4, 0.5) is 0 Å². The van der Waals surface area contributed by atoms with Crippen LogP contribution >= 0.6 is 0 Å². The molecule has 0 saturated carbocycles. The molecule has 0 saturated heterocycles. The largest absolute Gasteiger partial charge is 0.361 e. The molecule has 2 aliphatic rings. The summed E-state index contributed by atoms with van der Waals surface area (Å²) in [6.45, 7) is 18.0. The van der Waals surface area contributed by atoms with Crippen molar-refractivity contribution in [1.29, 1.82) is 0 Å². The molecule has 4 nitrogen and oxygen atoms in total. The minimum absolute atomic E-state index is 0.801. The van der Waals surface area contributed by atoms with Gasteiger partial charge in [-0.15, -0.1) is 0 Å². The van der Waals surface area contributed by atoms with Crippen LogP contribution in [0.15, 0.2) is 80.2 Å². The van der Waals surface area contributed by atoms with E-state index < -0.39 is 0 Å². The molecule has 2 N–H and O–H groups in total. The van der Waals surface area contributed by atoms with E-state index >= 15 is 0 Å². The topological polar surface area (TPSA) is 56.3 Å². The van der Waals surface area contributed by atoms with Gasteiger partial charge in [0.25, 0.3) is 0 Å². The van der Waals surface area contributed by atoms with Gasteiger partial charge in [-0.05, 0) is 109 Å². The van der Waals surface area contributed by atoms with E-state index in [0.717, 1.165) is 56.3 Å². The van der Waals surface area contributed by atoms with Gasteiger partial charge >= 0.3 is 0 Å². The number of benzene rings is 1. The maximum Gasteiger partial charge on any atom is 0.0765 e. The molecule has 0 bridgehead atoms. The van der Waals surface area contributed by atoms with Crippen LogP contribution in [0.25, 0.3) is 11.6 Å². The van der Waals surface area contributed by atoms with Gasteiger partial charge in [-0.25, -0.2) is 0 Å². The Labute approximate surface area is 258 Å². The van der Waals surface area contributed by atoms with E-state index in [1.807, 2.05) is 0 Å². The number of aromatic nitrogens is 2. The maximum absolute atomic E-state index is 5.47. The smallest absolute Gasteiger partial charge is 0.0765 e. The molecule has 0 fully saturated rings. The summed E-state index contributed by atoms with van der Waals surface area (Å²) in [5.74, 6) is 0. The van der Waals surface area contributed by atoms with Gasteiger partial charge < -0.3 is 9.97 Å². The first-order valence-electron chi connectivity index (χ1n) is 16.4. The first-order chi connectivity index (χ1) is 20.9. The number of hydrogen-bond acceptors (Lipinski definition) is 2. The summed E-state index contributed by atoms with van der Waals surface area (Å²) in [6, 6.07) is 10.8. The molecule has 43 heavy (non-hydrogen) atoms. The van der Waals surface area contributed by atoms with Crippen molar-refractivity contribution >= 4 is 23.6 Å². The number of allylic oxidation sites excluding steroid dienone is 4. The Morgan fingerprint density at radius 1 is 0.814 bits per heavy atom. The SMILES string of the molecule is CCC1=C(CC)/C(=C/c2[nH]c(CC3=N/C(=C(\c4ccccc4)c4[nH]cc(CC)c4C)C(C)=C3CC)c(CC)c2CC)N=C1. The zero-order valence-electron chi connectivity index (χ0n) is 27.5. The van der Waals surface area contributed by atoms with Gasteiger partial charge in [0.15, 0.2) is 0 Å². The molecule has 0 unspecified atom stereocenters. The minimum Gasteiger partial charge on any atom is -0.361 e. The van der Waals surface area contributed by atoms with Crippen molar-refractivity contribution in [3.05, 3.63) is 115 Å². The number of H-pyrrole nitrogens is 2. The predicted molar refractivity (Wildman–Crippen MR) is 185 cm³/mol. The lowest BCUT2D eigenvalue weighted by atomic mass is 9.92. The second-order valence-electron chi connectivity index (χ2n) is 11.6. The molecular formula is C39H48N4. The standard InChI is InChI=1S/C39H48N4/c1-9-26-22-41-38(24(26)7)37(28-18-16-15-17-19-28)39-25(8)29(11-3)34(43-39)21-36-32(14-6)31(13-5)35(42-36)20-33-30(12-4)27(10-2)23-40-33/h15-20,22-23,41-42H,9-14,21H2,1-8H3/b33-20-,39-37+. The molecule has 4 heteroatoms. The van der Waals surface area contributed by atoms with Crippen molar-refractivity contribution in [2.75, 3.05) is 0 Å². The number of aliphatic imine (C=N–C) groups is 2. The molecule has 4 heterocycles. The summed E-state index contributed by atoms with van der Waals surface area (Å²) in [4.78, 5) is 17.8. The second kappa shape index (κ2) is 13.2. The van der Waals surface area contributed by atoms with Crippen LogP contribution in [-0.2, 0) is 25.7 Å².